The smallest absolute Gasteiger partial charge is 0.257 e. The third-order valence-electron chi connectivity index (χ3n) is 4.52. The molecule has 0 spiro atoms. The summed E-state index contributed by atoms with van der Waals surface area (Å²) in [6.07, 6.45) is 3.57. The summed E-state index contributed by atoms with van der Waals surface area (Å²) in [6, 6.07) is 7.75. The molecule has 4 nitrogen and oxygen atoms in total. The highest BCUT2D eigenvalue weighted by Gasteiger charge is 2.17. The van der Waals surface area contributed by atoms with Crippen molar-refractivity contribution in [2.24, 2.45) is 5.92 Å². The highest BCUT2D eigenvalue weighted by atomic mass is 32.1. The predicted molar refractivity (Wildman–Crippen MR) is 99.6 cm³/mol. The Morgan fingerprint density at radius 3 is 2.88 bits per heavy atom. The Balaban J connectivity index is 1.57. The van der Waals surface area contributed by atoms with Gasteiger partial charge in [0, 0.05) is 24.0 Å². The molecule has 1 fully saturated rings. The first-order valence-electron chi connectivity index (χ1n) is 8.71. The van der Waals surface area contributed by atoms with E-state index >= 15 is 0 Å². The number of nitrogens with zero attached hydrogens (tertiary/aromatic N) is 2. The molecule has 2 aromatic rings. The lowest BCUT2D eigenvalue weighted by Gasteiger charge is -2.30. The zero-order valence-electron chi connectivity index (χ0n) is 14.4. The van der Waals surface area contributed by atoms with Crippen LogP contribution in [0.15, 0.2) is 29.6 Å². The van der Waals surface area contributed by atoms with Gasteiger partial charge in [-0.2, -0.15) is 0 Å². The molecule has 0 bridgehead atoms. The van der Waals surface area contributed by atoms with Gasteiger partial charge in [-0.25, -0.2) is 4.98 Å². The van der Waals surface area contributed by atoms with E-state index in [1.165, 1.54) is 29.7 Å². The standard InChI is InChI=1S/C19H25N3OS/c1-3-15-6-8-16(9-7-15)18(23)21-19-20-17(13-24-19)12-22-10-4-5-14(2)11-22/h6-9,13-14H,3-5,10-12H2,1-2H3,(H,20,21,23). The van der Waals surface area contributed by atoms with Crippen LogP contribution < -0.4 is 5.32 Å². The van der Waals surface area contributed by atoms with Crippen LogP contribution in [0.4, 0.5) is 5.13 Å². The molecule has 1 unspecified atom stereocenters. The van der Waals surface area contributed by atoms with Crippen LogP contribution in [0.3, 0.4) is 0 Å². The number of hydrogen-bond donors (Lipinski definition) is 1. The number of likely N-dealkylation sites (tertiary alicyclic amines) is 1. The minimum Gasteiger partial charge on any atom is -0.298 e. The van der Waals surface area contributed by atoms with Crippen LogP contribution in [0, 0.1) is 5.92 Å². The summed E-state index contributed by atoms with van der Waals surface area (Å²) in [6.45, 7) is 7.58. The number of aryl methyl sites for hydroxylation is 1. The molecular formula is C19H25N3OS. The van der Waals surface area contributed by atoms with Crippen LogP contribution >= 0.6 is 11.3 Å². The Morgan fingerprint density at radius 2 is 2.17 bits per heavy atom. The zero-order valence-corrected chi connectivity index (χ0v) is 15.2. The first-order valence-corrected chi connectivity index (χ1v) is 9.59. The van der Waals surface area contributed by atoms with Crippen molar-refractivity contribution < 1.29 is 4.79 Å². The maximum absolute atomic E-state index is 12.3. The lowest BCUT2D eigenvalue weighted by Crippen LogP contribution is -2.33. The molecule has 1 amide bonds. The summed E-state index contributed by atoms with van der Waals surface area (Å²) in [5.41, 5.74) is 2.96. The molecule has 1 aliphatic rings. The van der Waals surface area contributed by atoms with Gasteiger partial charge in [0.15, 0.2) is 5.13 Å². The summed E-state index contributed by atoms with van der Waals surface area (Å²) in [5, 5.41) is 5.64. The number of amides is 1. The van der Waals surface area contributed by atoms with Gasteiger partial charge in [0.2, 0.25) is 0 Å². The second kappa shape index (κ2) is 7.90. The fourth-order valence-electron chi connectivity index (χ4n) is 3.16. The molecule has 1 saturated heterocycles. The van der Waals surface area contributed by atoms with Gasteiger partial charge in [0.05, 0.1) is 5.69 Å². The van der Waals surface area contributed by atoms with E-state index in [4.69, 9.17) is 0 Å². The van der Waals surface area contributed by atoms with Crippen molar-refractivity contribution in [3.05, 3.63) is 46.5 Å². The molecule has 0 radical (unpaired) electrons. The average Bonchev–Trinajstić information content (AvgIpc) is 3.02. The summed E-state index contributed by atoms with van der Waals surface area (Å²) in [5.74, 6) is 0.674. The summed E-state index contributed by atoms with van der Waals surface area (Å²) < 4.78 is 0. The molecule has 128 valence electrons. The van der Waals surface area contributed by atoms with Crippen LogP contribution in [-0.2, 0) is 13.0 Å². The number of rotatable bonds is 5. The van der Waals surface area contributed by atoms with E-state index in [9.17, 15) is 4.79 Å². The van der Waals surface area contributed by atoms with E-state index in [-0.39, 0.29) is 5.91 Å². The number of carbonyl (C=O) groups is 1. The first-order chi connectivity index (χ1) is 11.6. The topological polar surface area (TPSA) is 45.2 Å². The molecule has 0 aliphatic carbocycles. The molecule has 5 heteroatoms. The minimum atomic E-state index is -0.0925. The van der Waals surface area contributed by atoms with E-state index in [1.807, 2.05) is 24.3 Å². The number of aromatic nitrogens is 1. The van der Waals surface area contributed by atoms with Crippen LogP contribution in [0.1, 0.15) is 48.3 Å². The Kier molecular flexibility index (Phi) is 5.63. The van der Waals surface area contributed by atoms with E-state index < -0.39 is 0 Å². The van der Waals surface area contributed by atoms with E-state index in [2.05, 4.69) is 34.4 Å². The zero-order chi connectivity index (χ0) is 16.9. The van der Waals surface area contributed by atoms with Crippen molar-refractivity contribution in [1.29, 1.82) is 0 Å². The molecule has 1 N–H and O–H groups in total. The number of anilines is 1. The monoisotopic (exact) mass is 343 g/mol. The van der Waals surface area contributed by atoms with Crippen molar-refractivity contribution in [2.45, 2.75) is 39.7 Å². The Labute approximate surface area is 147 Å². The van der Waals surface area contributed by atoms with Crippen molar-refractivity contribution in [3.8, 4) is 0 Å². The number of hydrogen-bond acceptors (Lipinski definition) is 4. The van der Waals surface area contributed by atoms with Crippen molar-refractivity contribution in [1.82, 2.24) is 9.88 Å². The number of nitrogens with one attached hydrogen (secondary N) is 1. The minimum absolute atomic E-state index is 0.0925. The summed E-state index contributed by atoms with van der Waals surface area (Å²) in [4.78, 5) is 19.3. The van der Waals surface area contributed by atoms with Crippen LogP contribution in [-0.4, -0.2) is 28.9 Å². The van der Waals surface area contributed by atoms with Crippen molar-refractivity contribution in [3.63, 3.8) is 0 Å². The summed E-state index contributed by atoms with van der Waals surface area (Å²) >= 11 is 1.50. The second-order valence-electron chi connectivity index (χ2n) is 6.63. The Hall–Kier alpha value is -1.72. The molecule has 0 saturated carbocycles. The van der Waals surface area contributed by atoms with Gasteiger partial charge in [-0.05, 0) is 49.4 Å². The molecule has 24 heavy (non-hydrogen) atoms. The van der Waals surface area contributed by atoms with Crippen LogP contribution in [0.25, 0.3) is 0 Å². The fourth-order valence-corrected chi connectivity index (χ4v) is 3.85. The molecule has 1 atom stereocenters. The van der Waals surface area contributed by atoms with Gasteiger partial charge in [-0.3, -0.25) is 15.0 Å². The van der Waals surface area contributed by atoms with E-state index in [0.717, 1.165) is 37.7 Å². The van der Waals surface area contributed by atoms with Crippen molar-refractivity contribution >= 4 is 22.4 Å². The molecule has 1 aliphatic heterocycles. The van der Waals surface area contributed by atoms with Gasteiger partial charge in [0.25, 0.3) is 5.91 Å². The number of benzene rings is 1. The normalized spacial score (nSPS) is 18.5. The third kappa shape index (κ3) is 4.42. The highest BCUT2D eigenvalue weighted by Crippen LogP contribution is 2.21. The second-order valence-corrected chi connectivity index (χ2v) is 7.49. The lowest BCUT2D eigenvalue weighted by molar-refractivity contribution is 0.102. The van der Waals surface area contributed by atoms with E-state index in [1.54, 1.807) is 0 Å². The van der Waals surface area contributed by atoms with E-state index in [0.29, 0.717) is 10.7 Å². The lowest BCUT2D eigenvalue weighted by atomic mass is 10.0. The fraction of sp³-hybridized carbons (Fsp3) is 0.474. The number of thiazole rings is 1. The highest BCUT2D eigenvalue weighted by molar-refractivity contribution is 7.13. The van der Waals surface area contributed by atoms with Gasteiger partial charge in [-0.15, -0.1) is 11.3 Å². The van der Waals surface area contributed by atoms with Crippen molar-refractivity contribution in [2.75, 3.05) is 18.4 Å². The molecule has 1 aromatic heterocycles. The molecular weight excluding hydrogens is 318 g/mol. The van der Waals surface area contributed by atoms with Crippen LogP contribution in [0.5, 0.6) is 0 Å². The average molecular weight is 343 g/mol. The molecule has 3 rings (SSSR count). The maximum Gasteiger partial charge on any atom is 0.257 e. The quantitative estimate of drug-likeness (QED) is 0.885. The van der Waals surface area contributed by atoms with Crippen LogP contribution in [0.2, 0.25) is 0 Å². The SMILES string of the molecule is CCc1ccc(C(=O)Nc2nc(CN3CCCC(C)C3)cs2)cc1. The number of piperidine rings is 1. The Bertz CT molecular complexity index is 680. The third-order valence-corrected chi connectivity index (χ3v) is 5.33. The van der Waals surface area contributed by atoms with Gasteiger partial charge in [-0.1, -0.05) is 26.0 Å². The molecule has 2 heterocycles. The largest absolute Gasteiger partial charge is 0.298 e. The van der Waals surface area contributed by atoms with Gasteiger partial charge < -0.3 is 0 Å². The van der Waals surface area contributed by atoms with Gasteiger partial charge in [0.1, 0.15) is 0 Å². The molecule has 1 aromatic carbocycles. The summed E-state index contributed by atoms with van der Waals surface area (Å²) in [7, 11) is 0. The Morgan fingerprint density at radius 1 is 1.38 bits per heavy atom. The predicted octanol–water partition coefficient (Wildman–Crippen LogP) is 4.19. The van der Waals surface area contributed by atoms with Gasteiger partial charge >= 0.3 is 0 Å². The number of carbonyl (C=O) groups excluding carboxylic acids is 1. The maximum atomic E-state index is 12.3. The first kappa shape index (κ1) is 17.1.